The van der Waals surface area contributed by atoms with Crippen molar-refractivity contribution < 1.29 is 4.79 Å². The lowest BCUT2D eigenvalue weighted by Gasteiger charge is -2.00. The quantitative estimate of drug-likeness (QED) is 0.607. The number of nitrogens with one attached hydrogen (secondary N) is 3. The molecule has 1 aromatic rings. The van der Waals surface area contributed by atoms with E-state index < -0.39 is 0 Å². The molecule has 0 atom stereocenters. The van der Waals surface area contributed by atoms with Crippen molar-refractivity contribution in [2.75, 3.05) is 20.1 Å². The van der Waals surface area contributed by atoms with Gasteiger partial charge in [-0.3, -0.25) is 9.89 Å². The van der Waals surface area contributed by atoms with Gasteiger partial charge < -0.3 is 10.6 Å². The summed E-state index contributed by atoms with van der Waals surface area (Å²) in [6.45, 7) is 1.40. The van der Waals surface area contributed by atoms with E-state index in [1.54, 1.807) is 0 Å². The van der Waals surface area contributed by atoms with Crippen molar-refractivity contribution in [3.05, 3.63) is 17.5 Å². The van der Waals surface area contributed by atoms with Crippen LogP contribution in [0.1, 0.15) is 34.9 Å². The average Bonchev–Trinajstić information content (AvgIpc) is 2.97. The Labute approximate surface area is 88.6 Å². The fourth-order valence-electron chi connectivity index (χ4n) is 1.45. The number of hydrogen-bond donors (Lipinski definition) is 3. The van der Waals surface area contributed by atoms with Crippen LogP contribution in [0.3, 0.4) is 0 Å². The van der Waals surface area contributed by atoms with Gasteiger partial charge in [-0.2, -0.15) is 5.10 Å². The molecule has 0 bridgehead atoms. The van der Waals surface area contributed by atoms with Crippen LogP contribution >= 0.6 is 0 Å². The monoisotopic (exact) mass is 208 g/mol. The molecule has 82 valence electrons. The van der Waals surface area contributed by atoms with Crippen LogP contribution in [0.25, 0.3) is 0 Å². The Bertz CT molecular complexity index is 343. The number of aromatic nitrogens is 2. The summed E-state index contributed by atoms with van der Waals surface area (Å²) in [4.78, 5) is 11.6. The summed E-state index contributed by atoms with van der Waals surface area (Å²) in [5.41, 5.74) is 1.58. The Morgan fingerprint density at radius 1 is 1.60 bits per heavy atom. The molecule has 1 amide bonds. The maximum Gasteiger partial charge on any atom is 0.271 e. The molecule has 1 fully saturated rings. The van der Waals surface area contributed by atoms with Crippen LogP contribution in [-0.4, -0.2) is 36.2 Å². The third-order valence-electron chi connectivity index (χ3n) is 2.51. The van der Waals surface area contributed by atoms with Crippen molar-refractivity contribution in [2.45, 2.75) is 18.8 Å². The number of hydrogen-bond acceptors (Lipinski definition) is 3. The molecule has 0 radical (unpaired) electrons. The number of rotatable bonds is 5. The van der Waals surface area contributed by atoms with Gasteiger partial charge in [0.2, 0.25) is 0 Å². The molecule has 1 aromatic heterocycles. The van der Waals surface area contributed by atoms with E-state index in [2.05, 4.69) is 20.8 Å². The van der Waals surface area contributed by atoms with Crippen LogP contribution in [0.5, 0.6) is 0 Å². The van der Waals surface area contributed by atoms with Crippen LogP contribution in [0, 0.1) is 0 Å². The smallest absolute Gasteiger partial charge is 0.271 e. The van der Waals surface area contributed by atoms with E-state index in [0.717, 1.165) is 12.2 Å². The van der Waals surface area contributed by atoms with E-state index in [1.807, 2.05) is 13.1 Å². The molecule has 0 saturated heterocycles. The van der Waals surface area contributed by atoms with Crippen molar-refractivity contribution in [1.29, 1.82) is 0 Å². The first-order valence-corrected chi connectivity index (χ1v) is 5.29. The minimum absolute atomic E-state index is 0.103. The summed E-state index contributed by atoms with van der Waals surface area (Å²) in [5, 5.41) is 12.7. The lowest BCUT2D eigenvalue weighted by molar-refractivity contribution is 0.0949. The van der Waals surface area contributed by atoms with Crippen molar-refractivity contribution in [1.82, 2.24) is 20.8 Å². The minimum atomic E-state index is -0.103. The normalized spacial score (nSPS) is 15.3. The van der Waals surface area contributed by atoms with Crippen molar-refractivity contribution >= 4 is 5.91 Å². The molecule has 2 rings (SSSR count). The second kappa shape index (κ2) is 4.44. The third kappa shape index (κ3) is 2.56. The summed E-state index contributed by atoms with van der Waals surface area (Å²) in [5.74, 6) is 0.504. The standard InChI is InChI=1S/C10H16N4O/c1-11-4-5-12-10(15)9-6-8(13-14-9)7-2-3-7/h6-7,11H,2-5H2,1H3,(H,12,15)(H,13,14). The van der Waals surface area contributed by atoms with E-state index in [0.29, 0.717) is 18.2 Å². The topological polar surface area (TPSA) is 69.8 Å². The second-order valence-electron chi connectivity index (χ2n) is 3.84. The lowest BCUT2D eigenvalue weighted by Crippen LogP contribution is -2.30. The number of likely N-dealkylation sites (N-methyl/N-ethyl adjacent to an activating group) is 1. The third-order valence-corrected chi connectivity index (χ3v) is 2.51. The zero-order valence-corrected chi connectivity index (χ0v) is 8.84. The van der Waals surface area contributed by atoms with Crippen LogP contribution in [0.2, 0.25) is 0 Å². The SMILES string of the molecule is CNCCNC(=O)c1cc(C2CC2)[nH]n1. The fraction of sp³-hybridized carbons (Fsp3) is 0.600. The second-order valence-corrected chi connectivity index (χ2v) is 3.84. The van der Waals surface area contributed by atoms with Gasteiger partial charge in [-0.05, 0) is 26.0 Å². The Hall–Kier alpha value is -1.36. The number of carbonyl (C=O) groups is 1. The summed E-state index contributed by atoms with van der Waals surface area (Å²) in [6, 6.07) is 1.85. The van der Waals surface area contributed by atoms with Crippen LogP contribution in [0.4, 0.5) is 0 Å². The van der Waals surface area contributed by atoms with E-state index in [9.17, 15) is 4.79 Å². The maximum atomic E-state index is 11.6. The number of aromatic amines is 1. The highest BCUT2D eigenvalue weighted by Crippen LogP contribution is 2.38. The van der Waals surface area contributed by atoms with Gasteiger partial charge in [0.25, 0.3) is 5.91 Å². The van der Waals surface area contributed by atoms with Crippen molar-refractivity contribution in [3.8, 4) is 0 Å². The first-order chi connectivity index (χ1) is 7.31. The van der Waals surface area contributed by atoms with E-state index in [1.165, 1.54) is 12.8 Å². The molecular formula is C10H16N4O. The molecule has 5 nitrogen and oxygen atoms in total. The molecule has 0 spiro atoms. The zero-order valence-electron chi connectivity index (χ0n) is 8.84. The highest BCUT2D eigenvalue weighted by molar-refractivity contribution is 5.92. The Balaban J connectivity index is 1.87. The van der Waals surface area contributed by atoms with E-state index >= 15 is 0 Å². The minimum Gasteiger partial charge on any atom is -0.349 e. The summed E-state index contributed by atoms with van der Waals surface area (Å²) >= 11 is 0. The lowest BCUT2D eigenvalue weighted by atomic mass is 10.2. The molecule has 1 aliphatic rings. The maximum absolute atomic E-state index is 11.6. The summed E-state index contributed by atoms with van der Waals surface area (Å²) < 4.78 is 0. The van der Waals surface area contributed by atoms with Gasteiger partial charge in [-0.1, -0.05) is 0 Å². The molecule has 0 aromatic carbocycles. The molecule has 1 aliphatic carbocycles. The van der Waals surface area contributed by atoms with Gasteiger partial charge in [0.1, 0.15) is 5.69 Å². The van der Waals surface area contributed by atoms with Gasteiger partial charge in [0, 0.05) is 24.7 Å². The van der Waals surface area contributed by atoms with Gasteiger partial charge in [-0.15, -0.1) is 0 Å². The summed E-state index contributed by atoms with van der Waals surface area (Å²) in [7, 11) is 1.85. The molecular weight excluding hydrogens is 192 g/mol. The predicted molar refractivity (Wildman–Crippen MR) is 56.8 cm³/mol. The largest absolute Gasteiger partial charge is 0.349 e. The zero-order chi connectivity index (χ0) is 10.7. The van der Waals surface area contributed by atoms with Crippen LogP contribution < -0.4 is 10.6 Å². The van der Waals surface area contributed by atoms with E-state index in [4.69, 9.17) is 0 Å². The van der Waals surface area contributed by atoms with Crippen LogP contribution in [-0.2, 0) is 0 Å². The molecule has 0 aliphatic heterocycles. The number of nitrogens with zero attached hydrogens (tertiary/aromatic N) is 1. The van der Waals surface area contributed by atoms with Gasteiger partial charge in [-0.25, -0.2) is 0 Å². The predicted octanol–water partition coefficient (Wildman–Crippen LogP) is 0.236. The van der Waals surface area contributed by atoms with Gasteiger partial charge >= 0.3 is 0 Å². The molecule has 3 N–H and O–H groups in total. The summed E-state index contributed by atoms with van der Waals surface area (Å²) in [6.07, 6.45) is 2.42. The van der Waals surface area contributed by atoms with E-state index in [-0.39, 0.29) is 5.91 Å². The Morgan fingerprint density at radius 3 is 3.07 bits per heavy atom. The molecule has 0 unspecified atom stereocenters. The average molecular weight is 208 g/mol. The molecule has 15 heavy (non-hydrogen) atoms. The molecule has 5 heteroatoms. The highest BCUT2D eigenvalue weighted by Gasteiger charge is 2.26. The first kappa shape index (κ1) is 10.2. The highest BCUT2D eigenvalue weighted by atomic mass is 16.1. The Morgan fingerprint density at radius 2 is 2.40 bits per heavy atom. The molecule has 1 heterocycles. The first-order valence-electron chi connectivity index (χ1n) is 5.29. The van der Waals surface area contributed by atoms with Gasteiger partial charge in [0.15, 0.2) is 0 Å². The Kier molecular flexibility index (Phi) is 3.01. The number of H-pyrrole nitrogens is 1. The fourth-order valence-corrected chi connectivity index (χ4v) is 1.45. The molecule has 1 saturated carbocycles. The van der Waals surface area contributed by atoms with Crippen molar-refractivity contribution in [2.24, 2.45) is 0 Å². The number of amides is 1. The van der Waals surface area contributed by atoms with Crippen LogP contribution in [0.15, 0.2) is 6.07 Å². The van der Waals surface area contributed by atoms with Gasteiger partial charge in [0.05, 0.1) is 0 Å². The number of carbonyl (C=O) groups excluding carboxylic acids is 1. The van der Waals surface area contributed by atoms with Crippen molar-refractivity contribution in [3.63, 3.8) is 0 Å².